The zero-order chi connectivity index (χ0) is 13.8. The summed E-state index contributed by atoms with van der Waals surface area (Å²) >= 11 is 0. The average Bonchev–Trinajstić information content (AvgIpc) is 2.84. The van der Waals surface area contributed by atoms with E-state index in [1.54, 1.807) is 4.57 Å². The molecule has 1 aromatic heterocycles. The van der Waals surface area contributed by atoms with Crippen molar-refractivity contribution in [1.82, 2.24) is 9.55 Å². The van der Waals surface area contributed by atoms with E-state index in [2.05, 4.69) is 4.98 Å². The van der Waals surface area contributed by atoms with E-state index in [1.165, 1.54) is 6.33 Å². The van der Waals surface area contributed by atoms with Crippen molar-refractivity contribution in [3.63, 3.8) is 0 Å². The Balaban J connectivity index is 2.56. The first-order chi connectivity index (χ1) is 9.22. The van der Waals surface area contributed by atoms with Crippen LogP contribution in [-0.4, -0.2) is 16.1 Å². The number of rotatable bonds is 3. The predicted octanol–water partition coefficient (Wildman–Crippen LogP) is 1.48. The second kappa shape index (κ2) is 5.34. The first kappa shape index (κ1) is 12.8. The summed E-state index contributed by atoms with van der Waals surface area (Å²) < 4.78 is 1.67. The number of imidazole rings is 1. The van der Waals surface area contributed by atoms with Gasteiger partial charge in [0.25, 0.3) is 0 Å². The van der Waals surface area contributed by atoms with E-state index in [0.29, 0.717) is 6.54 Å². The van der Waals surface area contributed by atoms with Gasteiger partial charge in [0.15, 0.2) is 11.4 Å². The molecule has 0 spiro atoms. The van der Waals surface area contributed by atoms with Crippen LogP contribution >= 0.6 is 0 Å². The van der Waals surface area contributed by atoms with Crippen LogP contribution in [0.3, 0.4) is 0 Å². The number of aromatic nitrogens is 2. The molecule has 1 unspecified atom stereocenters. The number of hydrogen-bond donors (Lipinski definition) is 1. The standard InChI is InChI=1S/C14H13N5/c1-10-4-2-3-5-11(10)13(7-16)19-9-18-12(6-15)14(19)8-17/h2-5,9,13H,7,16H2,1H3. The lowest BCUT2D eigenvalue weighted by Crippen LogP contribution is -2.22. The van der Waals surface area contributed by atoms with Gasteiger partial charge in [-0.25, -0.2) is 4.98 Å². The summed E-state index contributed by atoms with van der Waals surface area (Å²) in [5.41, 5.74) is 8.35. The van der Waals surface area contributed by atoms with Gasteiger partial charge in [-0.15, -0.1) is 0 Å². The van der Waals surface area contributed by atoms with Crippen molar-refractivity contribution in [1.29, 1.82) is 10.5 Å². The quantitative estimate of drug-likeness (QED) is 0.894. The second-order valence-corrected chi connectivity index (χ2v) is 4.18. The van der Waals surface area contributed by atoms with Gasteiger partial charge in [0.1, 0.15) is 12.1 Å². The summed E-state index contributed by atoms with van der Waals surface area (Å²) in [6.45, 7) is 2.33. The lowest BCUT2D eigenvalue weighted by Gasteiger charge is -2.19. The molecule has 2 N–H and O–H groups in total. The van der Waals surface area contributed by atoms with Crippen molar-refractivity contribution in [2.24, 2.45) is 5.73 Å². The van der Waals surface area contributed by atoms with E-state index in [1.807, 2.05) is 43.3 Å². The smallest absolute Gasteiger partial charge is 0.176 e. The Bertz CT molecular complexity index is 672. The highest BCUT2D eigenvalue weighted by Crippen LogP contribution is 2.23. The Morgan fingerprint density at radius 2 is 2.05 bits per heavy atom. The Morgan fingerprint density at radius 3 is 2.63 bits per heavy atom. The fourth-order valence-electron chi connectivity index (χ4n) is 2.14. The molecule has 0 aliphatic heterocycles. The summed E-state index contributed by atoms with van der Waals surface area (Å²) in [4.78, 5) is 3.95. The Labute approximate surface area is 111 Å². The zero-order valence-electron chi connectivity index (χ0n) is 10.5. The van der Waals surface area contributed by atoms with Gasteiger partial charge in [0.2, 0.25) is 0 Å². The van der Waals surface area contributed by atoms with Crippen LogP contribution < -0.4 is 5.73 Å². The van der Waals surface area contributed by atoms with Gasteiger partial charge in [0, 0.05) is 6.54 Å². The molecule has 19 heavy (non-hydrogen) atoms. The summed E-state index contributed by atoms with van der Waals surface area (Å²) in [5, 5.41) is 18.1. The molecule has 5 heteroatoms. The predicted molar refractivity (Wildman–Crippen MR) is 70.0 cm³/mol. The monoisotopic (exact) mass is 251 g/mol. The van der Waals surface area contributed by atoms with Crippen LogP contribution in [0.25, 0.3) is 0 Å². The van der Waals surface area contributed by atoms with E-state index in [9.17, 15) is 5.26 Å². The Kier molecular flexibility index (Phi) is 3.61. The molecule has 0 saturated carbocycles. The van der Waals surface area contributed by atoms with Crippen molar-refractivity contribution in [2.45, 2.75) is 13.0 Å². The third-order valence-electron chi connectivity index (χ3n) is 3.11. The molecule has 1 aromatic carbocycles. The molecule has 1 heterocycles. The highest BCUT2D eigenvalue weighted by molar-refractivity contribution is 5.39. The van der Waals surface area contributed by atoms with Crippen LogP contribution in [0.5, 0.6) is 0 Å². The van der Waals surface area contributed by atoms with E-state index in [0.717, 1.165) is 11.1 Å². The number of nitrogens with two attached hydrogens (primary N) is 1. The van der Waals surface area contributed by atoms with Gasteiger partial charge >= 0.3 is 0 Å². The molecule has 0 aliphatic carbocycles. The van der Waals surface area contributed by atoms with E-state index < -0.39 is 0 Å². The topological polar surface area (TPSA) is 91.4 Å². The van der Waals surface area contributed by atoms with Crippen LogP contribution in [0.15, 0.2) is 30.6 Å². The maximum Gasteiger partial charge on any atom is 0.176 e. The van der Waals surface area contributed by atoms with Crippen LogP contribution in [0.2, 0.25) is 0 Å². The highest BCUT2D eigenvalue weighted by Gasteiger charge is 2.19. The fourth-order valence-corrected chi connectivity index (χ4v) is 2.14. The summed E-state index contributed by atoms with van der Waals surface area (Å²) in [6.07, 6.45) is 1.50. The largest absolute Gasteiger partial charge is 0.328 e. The van der Waals surface area contributed by atoms with Crippen molar-refractivity contribution in [2.75, 3.05) is 6.54 Å². The van der Waals surface area contributed by atoms with Crippen LogP contribution in [0, 0.1) is 29.6 Å². The lowest BCUT2D eigenvalue weighted by molar-refractivity contribution is 0.585. The maximum absolute atomic E-state index is 9.18. The number of aryl methyl sites for hydroxylation is 1. The van der Waals surface area contributed by atoms with Crippen molar-refractivity contribution < 1.29 is 0 Å². The van der Waals surface area contributed by atoms with Gasteiger partial charge in [-0.3, -0.25) is 0 Å². The number of nitrogens with zero attached hydrogens (tertiary/aromatic N) is 4. The normalized spacial score (nSPS) is 11.6. The minimum Gasteiger partial charge on any atom is -0.328 e. The van der Waals surface area contributed by atoms with Crippen LogP contribution in [0.4, 0.5) is 0 Å². The molecule has 0 fully saturated rings. The maximum atomic E-state index is 9.18. The van der Waals surface area contributed by atoms with Crippen LogP contribution in [0.1, 0.15) is 28.6 Å². The van der Waals surface area contributed by atoms with Gasteiger partial charge in [-0.05, 0) is 18.1 Å². The number of nitriles is 2. The minimum absolute atomic E-state index is 0.134. The summed E-state index contributed by atoms with van der Waals surface area (Å²) in [5.74, 6) is 0. The second-order valence-electron chi connectivity index (χ2n) is 4.18. The molecule has 1 atom stereocenters. The SMILES string of the molecule is Cc1ccccc1C(CN)n1cnc(C#N)c1C#N. The number of hydrogen-bond acceptors (Lipinski definition) is 4. The van der Waals surface area contributed by atoms with E-state index in [-0.39, 0.29) is 17.4 Å². The molecule has 2 aromatic rings. The Hall–Kier alpha value is -2.63. The van der Waals surface area contributed by atoms with Gasteiger partial charge < -0.3 is 10.3 Å². The minimum atomic E-state index is -0.189. The molecule has 0 aliphatic rings. The summed E-state index contributed by atoms with van der Waals surface area (Å²) in [7, 11) is 0. The number of benzene rings is 1. The molecular formula is C14H13N5. The van der Waals surface area contributed by atoms with Gasteiger partial charge in [-0.1, -0.05) is 24.3 Å². The summed E-state index contributed by atoms with van der Waals surface area (Å²) in [6, 6.07) is 11.6. The van der Waals surface area contributed by atoms with E-state index in [4.69, 9.17) is 11.0 Å². The fraction of sp³-hybridized carbons (Fsp3) is 0.214. The highest BCUT2D eigenvalue weighted by atomic mass is 15.1. The Morgan fingerprint density at radius 1 is 1.32 bits per heavy atom. The third-order valence-corrected chi connectivity index (χ3v) is 3.11. The molecule has 2 rings (SSSR count). The molecule has 94 valence electrons. The molecule has 0 amide bonds. The average molecular weight is 251 g/mol. The van der Waals surface area contributed by atoms with Gasteiger partial charge in [-0.2, -0.15) is 10.5 Å². The molecule has 0 radical (unpaired) electrons. The van der Waals surface area contributed by atoms with Crippen LogP contribution in [-0.2, 0) is 0 Å². The van der Waals surface area contributed by atoms with Gasteiger partial charge in [0.05, 0.1) is 12.4 Å². The molecule has 0 saturated heterocycles. The van der Waals surface area contributed by atoms with Crippen molar-refractivity contribution >= 4 is 0 Å². The first-order valence-corrected chi connectivity index (χ1v) is 5.85. The first-order valence-electron chi connectivity index (χ1n) is 5.85. The van der Waals surface area contributed by atoms with E-state index >= 15 is 0 Å². The molecule has 0 bridgehead atoms. The van der Waals surface area contributed by atoms with Crippen molar-refractivity contribution in [3.05, 3.63) is 53.1 Å². The molecule has 5 nitrogen and oxygen atoms in total. The third kappa shape index (κ3) is 2.20. The van der Waals surface area contributed by atoms with Crippen molar-refractivity contribution in [3.8, 4) is 12.1 Å². The lowest BCUT2D eigenvalue weighted by atomic mass is 10.0. The molecular weight excluding hydrogens is 238 g/mol. The zero-order valence-corrected chi connectivity index (χ0v) is 10.5.